The Morgan fingerprint density at radius 3 is 2.82 bits per heavy atom. The Bertz CT molecular complexity index is 438. The summed E-state index contributed by atoms with van der Waals surface area (Å²) in [4.78, 5) is 10.4. The molecule has 0 bridgehead atoms. The topological polar surface area (TPSA) is 31.9 Å². The van der Waals surface area contributed by atoms with Gasteiger partial charge in [0, 0.05) is 35.7 Å². The molecule has 0 saturated heterocycles. The number of likely N-dealkylation sites (N-methyl/N-ethyl adjacent to an activating group) is 1. The number of nitrogens with zero attached hydrogens (tertiary/aromatic N) is 2. The van der Waals surface area contributed by atoms with Gasteiger partial charge in [0.05, 0.1) is 0 Å². The Balaban J connectivity index is 2.07. The van der Waals surface area contributed by atoms with E-state index in [1.54, 1.807) is 0 Å². The molecule has 1 aliphatic heterocycles. The Hall–Kier alpha value is -0.390. The van der Waals surface area contributed by atoms with E-state index in [2.05, 4.69) is 28.7 Å². The minimum atomic E-state index is 0.804. The number of nitrogens with one attached hydrogen (secondary N) is 1. The van der Waals surface area contributed by atoms with Crippen molar-refractivity contribution in [3.8, 4) is 0 Å². The fourth-order valence-electron chi connectivity index (χ4n) is 2.05. The largest absolute Gasteiger partial charge is 0.346 e. The molecule has 1 aromatic rings. The summed E-state index contributed by atoms with van der Waals surface area (Å²) in [7, 11) is 0. The molecular formula is C12H19N3S2. The van der Waals surface area contributed by atoms with Gasteiger partial charge in [0.1, 0.15) is 10.5 Å². The molecule has 2 rings (SSSR count). The van der Waals surface area contributed by atoms with Crippen LogP contribution >= 0.6 is 24.0 Å². The average Bonchev–Trinajstić information content (AvgIpc) is 2.79. The van der Waals surface area contributed by atoms with Crippen LogP contribution in [0, 0.1) is 4.64 Å². The number of aromatic nitrogens is 2. The third-order valence-electron chi connectivity index (χ3n) is 3.21. The first-order valence-electron chi connectivity index (χ1n) is 6.15. The van der Waals surface area contributed by atoms with Gasteiger partial charge < -0.3 is 9.88 Å². The summed E-state index contributed by atoms with van der Waals surface area (Å²) >= 11 is 7.26. The van der Waals surface area contributed by atoms with Crippen LogP contribution in [0.15, 0.2) is 0 Å². The van der Waals surface area contributed by atoms with Gasteiger partial charge in [-0.2, -0.15) is 11.8 Å². The average molecular weight is 269 g/mol. The lowest BCUT2D eigenvalue weighted by Crippen LogP contribution is -2.26. The van der Waals surface area contributed by atoms with Crippen molar-refractivity contribution in [1.29, 1.82) is 0 Å². The Morgan fingerprint density at radius 1 is 1.35 bits per heavy atom. The lowest BCUT2D eigenvalue weighted by molar-refractivity contribution is 0.305. The number of hydrogen-bond donors (Lipinski definition) is 1. The van der Waals surface area contributed by atoms with E-state index in [-0.39, 0.29) is 0 Å². The molecule has 94 valence electrons. The molecule has 0 aliphatic carbocycles. The lowest BCUT2D eigenvalue weighted by atomic mass is 10.2. The third-order valence-corrected chi connectivity index (χ3v) is 4.53. The molecule has 0 amide bonds. The minimum absolute atomic E-state index is 0.804. The first-order valence-corrected chi connectivity index (χ1v) is 7.72. The van der Waals surface area contributed by atoms with E-state index < -0.39 is 0 Å². The third kappa shape index (κ3) is 3.09. The highest BCUT2D eigenvalue weighted by Gasteiger charge is 2.15. The standard InChI is InChI=1S/C12H19N3S2/c1-3-15(4-2)6-5-11-13-10-8-17-7-9(10)12(16)14-11/h3-8H2,1-2H3,(H,13,14,16). The van der Waals surface area contributed by atoms with Crippen LogP contribution in [-0.2, 0) is 17.9 Å². The highest BCUT2D eigenvalue weighted by atomic mass is 32.2. The van der Waals surface area contributed by atoms with E-state index in [0.717, 1.165) is 48.0 Å². The summed E-state index contributed by atoms with van der Waals surface area (Å²) in [6.07, 6.45) is 0.962. The maximum Gasteiger partial charge on any atom is 0.134 e. The van der Waals surface area contributed by atoms with Crippen LogP contribution in [0.1, 0.15) is 30.9 Å². The molecule has 0 unspecified atom stereocenters. The van der Waals surface area contributed by atoms with Gasteiger partial charge in [0.2, 0.25) is 0 Å². The molecule has 3 nitrogen and oxygen atoms in total. The maximum atomic E-state index is 5.34. The summed E-state index contributed by atoms with van der Waals surface area (Å²) in [5.41, 5.74) is 2.54. The second-order valence-electron chi connectivity index (χ2n) is 4.22. The summed E-state index contributed by atoms with van der Waals surface area (Å²) < 4.78 is 0.804. The number of H-pyrrole nitrogens is 1. The van der Waals surface area contributed by atoms with Crippen molar-refractivity contribution in [1.82, 2.24) is 14.9 Å². The molecular weight excluding hydrogens is 250 g/mol. The Labute approximate surface area is 112 Å². The van der Waals surface area contributed by atoms with Crippen molar-refractivity contribution in [2.24, 2.45) is 0 Å². The SMILES string of the molecule is CCN(CC)CCc1nc(=S)c2c([nH]1)CSC2. The van der Waals surface area contributed by atoms with Crippen molar-refractivity contribution in [2.75, 3.05) is 19.6 Å². The van der Waals surface area contributed by atoms with Gasteiger partial charge >= 0.3 is 0 Å². The van der Waals surface area contributed by atoms with E-state index in [4.69, 9.17) is 12.2 Å². The molecule has 0 fully saturated rings. The zero-order valence-electron chi connectivity index (χ0n) is 10.5. The minimum Gasteiger partial charge on any atom is -0.346 e. The molecule has 0 atom stereocenters. The first kappa shape index (κ1) is 13.1. The molecule has 1 aromatic heterocycles. The van der Waals surface area contributed by atoms with Crippen LogP contribution in [0.25, 0.3) is 0 Å². The van der Waals surface area contributed by atoms with Gasteiger partial charge in [-0.25, -0.2) is 4.98 Å². The fourth-order valence-corrected chi connectivity index (χ4v) is 3.51. The second kappa shape index (κ2) is 5.98. The van der Waals surface area contributed by atoms with Crippen LogP contribution in [0.3, 0.4) is 0 Å². The number of fused-ring (bicyclic) bond motifs is 1. The molecule has 1 N–H and O–H groups in total. The Morgan fingerprint density at radius 2 is 2.12 bits per heavy atom. The van der Waals surface area contributed by atoms with Crippen LogP contribution in [0.5, 0.6) is 0 Å². The van der Waals surface area contributed by atoms with Gasteiger partial charge in [-0.1, -0.05) is 26.1 Å². The Kier molecular flexibility index (Phi) is 4.59. The normalized spacial score (nSPS) is 14.3. The van der Waals surface area contributed by atoms with E-state index in [0.29, 0.717) is 0 Å². The quantitative estimate of drug-likeness (QED) is 0.833. The van der Waals surface area contributed by atoms with Crippen LogP contribution < -0.4 is 0 Å². The second-order valence-corrected chi connectivity index (χ2v) is 5.59. The van der Waals surface area contributed by atoms with Crippen LogP contribution in [0.4, 0.5) is 0 Å². The predicted molar refractivity (Wildman–Crippen MR) is 75.9 cm³/mol. The van der Waals surface area contributed by atoms with Crippen molar-refractivity contribution < 1.29 is 0 Å². The zero-order valence-corrected chi connectivity index (χ0v) is 12.1. The molecule has 1 aliphatic rings. The number of hydrogen-bond acceptors (Lipinski definition) is 4. The van der Waals surface area contributed by atoms with Crippen molar-refractivity contribution in [3.63, 3.8) is 0 Å². The van der Waals surface area contributed by atoms with Crippen molar-refractivity contribution in [3.05, 3.63) is 21.7 Å². The number of thioether (sulfide) groups is 1. The van der Waals surface area contributed by atoms with Gasteiger partial charge in [0.25, 0.3) is 0 Å². The lowest BCUT2D eigenvalue weighted by Gasteiger charge is -2.17. The summed E-state index contributed by atoms with van der Waals surface area (Å²) in [5, 5.41) is 0. The molecule has 0 spiro atoms. The monoisotopic (exact) mass is 269 g/mol. The predicted octanol–water partition coefficient (Wildman–Crippen LogP) is 2.77. The van der Waals surface area contributed by atoms with Gasteiger partial charge in [-0.3, -0.25) is 0 Å². The molecule has 5 heteroatoms. The summed E-state index contributed by atoms with van der Waals surface area (Å²) in [5.74, 6) is 3.12. The van der Waals surface area contributed by atoms with E-state index in [1.165, 1.54) is 11.3 Å². The maximum absolute atomic E-state index is 5.34. The first-order chi connectivity index (χ1) is 8.24. The molecule has 0 aromatic carbocycles. The van der Waals surface area contributed by atoms with E-state index >= 15 is 0 Å². The molecule has 0 radical (unpaired) electrons. The smallest absolute Gasteiger partial charge is 0.134 e. The van der Waals surface area contributed by atoms with Crippen LogP contribution in [0.2, 0.25) is 0 Å². The summed E-state index contributed by atoms with van der Waals surface area (Å²) in [6.45, 7) is 7.63. The van der Waals surface area contributed by atoms with Gasteiger partial charge in [-0.15, -0.1) is 0 Å². The van der Waals surface area contributed by atoms with Crippen LogP contribution in [-0.4, -0.2) is 34.5 Å². The van der Waals surface area contributed by atoms with Gasteiger partial charge in [0.15, 0.2) is 0 Å². The van der Waals surface area contributed by atoms with Gasteiger partial charge in [-0.05, 0) is 13.1 Å². The molecule has 2 heterocycles. The van der Waals surface area contributed by atoms with E-state index in [9.17, 15) is 0 Å². The molecule has 0 saturated carbocycles. The number of rotatable bonds is 5. The highest BCUT2D eigenvalue weighted by molar-refractivity contribution is 7.98. The summed E-state index contributed by atoms with van der Waals surface area (Å²) in [6, 6.07) is 0. The van der Waals surface area contributed by atoms with E-state index in [1.807, 2.05) is 11.8 Å². The van der Waals surface area contributed by atoms with Crippen molar-refractivity contribution >= 4 is 24.0 Å². The zero-order chi connectivity index (χ0) is 12.3. The number of aromatic amines is 1. The highest BCUT2D eigenvalue weighted by Crippen LogP contribution is 2.28. The van der Waals surface area contributed by atoms with Crippen molar-refractivity contribution in [2.45, 2.75) is 31.8 Å². The fraction of sp³-hybridized carbons (Fsp3) is 0.667. The molecule has 17 heavy (non-hydrogen) atoms.